The molecule has 7 nitrogen and oxygen atoms in total. The van der Waals surface area contributed by atoms with Gasteiger partial charge in [0.05, 0.1) is 19.9 Å². The molecule has 1 aromatic heterocycles. The van der Waals surface area contributed by atoms with Gasteiger partial charge in [0.25, 0.3) is 0 Å². The number of ether oxygens (including phenoxy) is 2. The SMILES string of the molecule is COC(=O)c1c(-c2cc(Cl)ccc2O)nn(-c2ccccc2)c1C(=O)OC. The van der Waals surface area contributed by atoms with Crippen LogP contribution in [0.5, 0.6) is 5.75 Å². The molecule has 1 heterocycles. The summed E-state index contributed by atoms with van der Waals surface area (Å²) in [4.78, 5) is 25.0. The Morgan fingerprint density at radius 3 is 2.33 bits per heavy atom. The maximum Gasteiger partial charge on any atom is 0.357 e. The van der Waals surface area contributed by atoms with Crippen molar-refractivity contribution in [2.24, 2.45) is 0 Å². The lowest BCUT2D eigenvalue weighted by molar-refractivity contribution is 0.0549. The normalized spacial score (nSPS) is 10.5. The molecule has 27 heavy (non-hydrogen) atoms. The van der Waals surface area contributed by atoms with Crippen molar-refractivity contribution in [1.82, 2.24) is 9.78 Å². The molecule has 8 heteroatoms. The van der Waals surface area contributed by atoms with Gasteiger partial charge in [0.15, 0.2) is 5.69 Å². The van der Waals surface area contributed by atoms with Gasteiger partial charge in [-0.15, -0.1) is 0 Å². The number of methoxy groups -OCH3 is 2. The number of phenols is 1. The standard InChI is InChI=1S/C19H15ClN2O5/c1-26-18(24)15-16(13-10-11(20)8-9-14(13)23)21-22(17(15)19(25)27-2)12-6-4-3-5-7-12/h3-10,23H,1-2H3. The Bertz CT molecular complexity index is 1010. The molecule has 0 spiro atoms. The number of phenolic OH excluding ortho intramolecular Hbond substituents is 1. The fourth-order valence-electron chi connectivity index (χ4n) is 2.64. The molecule has 0 radical (unpaired) electrons. The summed E-state index contributed by atoms with van der Waals surface area (Å²) in [6, 6.07) is 13.0. The van der Waals surface area contributed by atoms with E-state index in [2.05, 4.69) is 5.10 Å². The van der Waals surface area contributed by atoms with E-state index >= 15 is 0 Å². The molecule has 0 fully saturated rings. The van der Waals surface area contributed by atoms with E-state index in [0.29, 0.717) is 10.7 Å². The third kappa shape index (κ3) is 3.37. The van der Waals surface area contributed by atoms with Crippen LogP contribution in [0.3, 0.4) is 0 Å². The van der Waals surface area contributed by atoms with E-state index in [4.69, 9.17) is 21.1 Å². The van der Waals surface area contributed by atoms with Gasteiger partial charge in [-0.3, -0.25) is 0 Å². The predicted molar refractivity (Wildman–Crippen MR) is 98.4 cm³/mol. The summed E-state index contributed by atoms with van der Waals surface area (Å²) >= 11 is 6.03. The lowest BCUT2D eigenvalue weighted by Crippen LogP contribution is -2.15. The number of carbonyl (C=O) groups excluding carboxylic acids is 2. The number of nitrogens with zero attached hydrogens (tertiary/aromatic N) is 2. The third-order valence-corrected chi connectivity index (χ3v) is 4.10. The van der Waals surface area contributed by atoms with Gasteiger partial charge >= 0.3 is 11.9 Å². The number of para-hydroxylation sites is 1. The van der Waals surface area contributed by atoms with Crippen LogP contribution in [0.25, 0.3) is 16.9 Å². The number of carbonyl (C=O) groups is 2. The lowest BCUT2D eigenvalue weighted by atomic mass is 10.0. The minimum atomic E-state index is -0.799. The largest absolute Gasteiger partial charge is 0.507 e. The Hall–Kier alpha value is -3.32. The van der Waals surface area contributed by atoms with E-state index in [0.717, 1.165) is 0 Å². The molecule has 0 aliphatic carbocycles. The molecule has 0 unspecified atom stereocenters. The monoisotopic (exact) mass is 386 g/mol. The zero-order valence-corrected chi connectivity index (χ0v) is 15.2. The first-order valence-corrected chi connectivity index (χ1v) is 8.19. The van der Waals surface area contributed by atoms with Crippen molar-refractivity contribution in [3.63, 3.8) is 0 Å². The first kappa shape index (κ1) is 18.5. The molecule has 138 valence electrons. The second-order valence-corrected chi connectivity index (χ2v) is 5.90. The van der Waals surface area contributed by atoms with Crippen molar-refractivity contribution in [1.29, 1.82) is 0 Å². The summed E-state index contributed by atoms with van der Waals surface area (Å²) in [7, 11) is 2.38. The summed E-state index contributed by atoms with van der Waals surface area (Å²) in [5.74, 6) is -1.73. The van der Waals surface area contributed by atoms with Crippen molar-refractivity contribution in [3.8, 4) is 22.7 Å². The van der Waals surface area contributed by atoms with Gasteiger partial charge in [0.1, 0.15) is 17.0 Å². The Morgan fingerprint density at radius 2 is 1.70 bits per heavy atom. The van der Waals surface area contributed by atoms with Crippen molar-refractivity contribution < 1.29 is 24.2 Å². The van der Waals surface area contributed by atoms with E-state index in [1.165, 1.54) is 37.1 Å². The van der Waals surface area contributed by atoms with Crippen molar-refractivity contribution >= 4 is 23.5 Å². The Balaban J connectivity index is 2.40. The molecular weight excluding hydrogens is 372 g/mol. The fraction of sp³-hybridized carbons (Fsp3) is 0.105. The van der Waals surface area contributed by atoms with E-state index in [1.807, 2.05) is 0 Å². The molecule has 0 aliphatic rings. The van der Waals surface area contributed by atoms with Crippen LogP contribution in [0.1, 0.15) is 20.8 Å². The number of aromatic nitrogens is 2. The highest BCUT2D eigenvalue weighted by Gasteiger charge is 2.32. The molecule has 0 bridgehead atoms. The van der Waals surface area contributed by atoms with Gasteiger partial charge in [-0.25, -0.2) is 14.3 Å². The number of aromatic hydroxyl groups is 1. The van der Waals surface area contributed by atoms with Crippen LogP contribution in [-0.4, -0.2) is 41.0 Å². The molecule has 2 aromatic carbocycles. The van der Waals surface area contributed by atoms with Crippen LogP contribution in [0, 0.1) is 0 Å². The number of rotatable bonds is 4. The maximum atomic E-state index is 12.5. The highest BCUT2D eigenvalue weighted by molar-refractivity contribution is 6.31. The van der Waals surface area contributed by atoms with Crippen LogP contribution in [0.15, 0.2) is 48.5 Å². The average Bonchev–Trinajstić information content (AvgIpc) is 3.09. The Labute approximate surface area is 159 Å². The molecule has 0 saturated heterocycles. The van der Waals surface area contributed by atoms with Gasteiger partial charge in [-0.2, -0.15) is 5.10 Å². The maximum absolute atomic E-state index is 12.5. The van der Waals surface area contributed by atoms with Gasteiger partial charge in [-0.05, 0) is 30.3 Å². The smallest absolute Gasteiger partial charge is 0.357 e. The molecule has 0 aliphatic heterocycles. The van der Waals surface area contributed by atoms with E-state index in [1.54, 1.807) is 30.3 Å². The summed E-state index contributed by atoms with van der Waals surface area (Å²) < 4.78 is 11.0. The molecular formula is C19H15ClN2O5. The number of hydrogen-bond acceptors (Lipinski definition) is 6. The topological polar surface area (TPSA) is 90.6 Å². The molecule has 0 saturated carbocycles. The summed E-state index contributed by atoms with van der Waals surface area (Å²) in [6.45, 7) is 0. The Morgan fingerprint density at radius 1 is 1.04 bits per heavy atom. The first-order chi connectivity index (χ1) is 13.0. The summed E-state index contributed by atoms with van der Waals surface area (Å²) in [5.41, 5.74) is 0.500. The van der Waals surface area contributed by atoms with Gasteiger partial charge < -0.3 is 14.6 Å². The van der Waals surface area contributed by atoms with Crippen LogP contribution in [-0.2, 0) is 9.47 Å². The fourth-order valence-corrected chi connectivity index (χ4v) is 2.81. The highest BCUT2D eigenvalue weighted by atomic mass is 35.5. The average molecular weight is 387 g/mol. The van der Waals surface area contributed by atoms with Crippen molar-refractivity contribution in [3.05, 3.63) is 64.8 Å². The highest BCUT2D eigenvalue weighted by Crippen LogP contribution is 2.35. The van der Waals surface area contributed by atoms with Crippen LogP contribution < -0.4 is 0 Å². The second kappa shape index (κ2) is 7.51. The quantitative estimate of drug-likeness (QED) is 0.690. The second-order valence-electron chi connectivity index (χ2n) is 5.46. The van der Waals surface area contributed by atoms with Crippen LogP contribution in [0.4, 0.5) is 0 Å². The lowest BCUT2D eigenvalue weighted by Gasteiger charge is -2.07. The zero-order valence-electron chi connectivity index (χ0n) is 14.5. The van der Waals surface area contributed by atoms with Gasteiger partial charge in [-0.1, -0.05) is 29.8 Å². The molecule has 0 atom stereocenters. The molecule has 3 aromatic rings. The predicted octanol–water partition coefficient (Wildman–Crippen LogP) is 3.47. The number of hydrogen-bond donors (Lipinski definition) is 1. The molecule has 3 rings (SSSR count). The minimum Gasteiger partial charge on any atom is -0.507 e. The number of esters is 2. The van der Waals surface area contributed by atoms with Crippen molar-refractivity contribution in [2.75, 3.05) is 14.2 Å². The Kier molecular flexibility index (Phi) is 5.14. The van der Waals surface area contributed by atoms with Crippen LogP contribution >= 0.6 is 11.6 Å². The van der Waals surface area contributed by atoms with Gasteiger partial charge in [0.2, 0.25) is 0 Å². The summed E-state index contributed by atoms with van der Waals surface area (Å²) in [6.07, 6.45) is 0. The molecule has 1 N–H and O–H groups in total. The van der Waals surface area contributed by atoms with E-state index in [9.17, 15) is 14.7 Å². The number of benzene rings is 2. The molecule has 0 amide bonds. The third-order valence-electron chi connectivity index (χ3n) is 3.87. The minimum absolute atomic E-state index is 0.0473. The van der Waals surface area contributed by atoms with Crippen LogP contribution in [0.2, 0.25) is 5.02 Å². The van der Waals surface area contributed by atoms with Crippen molar-refractivity contribution in [2.45, 2.75) is 0 Å². The summed E-state index contributed by atoms with van der Waals surface area (Å²) in [5, 5.41) is 15.0. The van der Waals surface area contributed by atoms with Gasteiger partial charge in [0, 0.05) is 10.6 Å². The number of halogens is 1. The first-order valence-electron chi connectivity index (χ1n) is 7.82. The zero-order chi connectivity index (χ0) is 19.6. The van der Waals surface area contributed by atoms with E-state index < -0.39 is 11.9 Å². The van der Waals surface area contributed by atoms with E-state index in [-0.39, 0.29) is 28.3 Å².